The van der Waals surface area contributed by atoms with Gasteiger partial charge in [0.05, 0.1) is 23.4 Å². The highest BCUT2D eigenvalue weighted by atomic mass is 32.2. The number of aliphatic carboxylic acids is 1. The van der Waals surface area contributed by atoms with Crippen LogP contribution in [0.1, 0.15) is 66.6 Å². The van der Waals surface area contributed by atoms with Crippen molar-refractivity contribution in [3.63, 3.8) is 0 Å². The van der Waals surface area contributed by atoms with Crippen LogP contribution < -0.4 is 0 Å². The van der Waals surface area contributed by atoms with Crippen LogP contribution in [-0.2, 0) is 27.5 Å². The molecule has 0 saturated heterocycles. The number of carboxylic acids is 1. The van der Waals surface area contributed by atoms with Crippen molar-refractivity contribution >= 4 is 15.8 Å². The summed E-state index contributed by atoms with van der Waals surface area (Å²) >= 11 is 0. The minimum Gasteiger partial charge on any atom is -0.481 e. The van der Waals surface area contributed by atoms with E-state index in [0.29, 0.717) is 12.0 Å². The molecule has 0 spiro atoms. The number of hydrogen-bond donors (Lipinski definition) is 2. The van der Waals surface area contributed by atoms with Crippen LogP contribution in [0.3, 0.4) is 0 Å². The van der Waals surface area contributed by atoms with Gasteiger partial charge in [-0.15, -0.1) is 0 Å². The fourth-order valence-electron chi connectivity index (χ4n) is 1.77. The molecule has 0 unspecified atom stereocenters. The van der Waals surface area contributed by atoms with Gasteiger partial charge >= 0.3 is 5.97 Å². The first-order valence-electron chi connectivity index (χ1n) is 9.98. The number of imidazole rings is 1. The molecule has 0 saturated carbocycles. The predicted octanol–water partition coefficient (Wildman–Crippen LogP) is 5.16. The van der Waals surface area contributed by atoms with Crippen LogP contribution in [0.15, 0.2) is 41.7 Å². The molecule has 0 aliphatic heterocycles. The summed E-state index contributed by atoms with van der Waals surface area (Å²) in [6.45, 7) is 16.0. The van der Waals surface area contributed by atoms with Gasteiger partial charge in [-0.3, -0.25) is 4.79 Å². The number of aromatic amines is 1. The molecule has 28 heavy (non-hydrogen) atoms. The predicted molar refractivity (Wildman–Crippen MR) is 118 cm³/mol. The minimum absolute atomic E-state index is 0.0204. The van der Waals surface area contributed by atoms with Crippen molar-refractivity contribution < 1.29 is 18.3 Å². The van der Waals surface area contributed by atoms with Gasteiger partial charge in [0.15, 0.2) is 9.84 Å². The highest BCUT2D eigenvalue weighted by molar-refractivity contribution is 7.91. The van der Waals surface area contributed by atoms with Crippen LogP contribution in [-0.4, -0.2) is 35.2 Å². The number of aromatic nitrogens is 2. The average molecular weight is 415 g/mol. The van der Waals surface area contributed by atoms with Gasteiger partial charge in [0.2, 0.25) is 0 Å². The van der Waals surface area contributed by atoms with Crippen molar-refractivity contribution in [3.8, 4) is 0 Å². The van der Waals surface area contributed by atoms with Crippen LogP contribution in [0.5, 0.6) is 0 Å². The van der Waals surface area contributed by atoms with Crippen LogP contribution in [0.2, 0.25) is 0 Å². The Hall–Kier alpha value is -2.15. The Balaban J connectivity index is -0.000000695. The summed E-state index contributed by atoms with van der Waals surface area (Å²) in [6, 6.07) is 5.94. The van der Waals surface area contributed by atoms with Crippen LogP contribution in [0, 0.1) is 0 Å². The molecule has 0 aliphatic rings. The van der Waals surface area contributed by atoms with Crippen LogP contribution in [0.25, 0.3) is 0 Å². The Labute approximate surface area is 171 Å². The van der Waals surface area contributed by atoms with Crippen molar-refractivity contribution in [1.29, 1.82) is 0 Å². The number of carbonyl (C=O) groups is 1. The molecule has 7 heteroatoms. The number of hydrogen-bond acceptors (Lipinski definition) is 4. The second-order valence-corrected chi connectivity index (χ2v) is 6.47. The lowest BCUT2D eigenvalue weighted by Crippen LogP contribution is -2.10. The first-order chi connectivity index (χ1) is 13.5. The Kier molecular flexibility index (Phi) is 21.4. The molecule has 1 heterocycles. The lowest BCUT2D eigenvalue weighted by molar-refractivity contribution is -0.136. The second kappa shape index (κ2) is 19.6. The molecule has 0 atom stereocenters. The Morgan fingerprint density at radius 2 is 1.46 bits per heavy atom. The number of sulfone groups is 1. The number of aryl methyl sites for hydroxylation is 1. The molecule has 162 valence electrons. The van der Waals surface area contributed by atoms with Crippen molar-refractivity contribution in [3.05, 3.63) is 48.0 Å². The van der Waals surface area contributed by atoms with E-state index in [1.807, 2.05) is 55.4 Å². The lowest BCUT2D eigenvalue weighted by atomic mass is 10.2. The third-order valence-electron chi connectivity index (χ3n) is 2.83. The Bertz CT molecular complexity index is 680. The Morgan fingerprint density at radius 1 is 0.964 bits per heavy atom. The summed E-state index contributed by atoms with van der Waals surface area (Å²) in [6.07, 6.45) is 3.34. The summed E-state index contributed by atoms with van der Waals surface area (Å²) in [5.41, 5.74) is 1.33. The molecule has 1 aromatic carbocycles. The van der Waals surface area contributed by atoms with E-state index in [4.69, 9.17) is 5.11 Å². The zero-order valence-corrected chi connectivity index (χ0v) is 19.4. The smallest absolute Gasteiger partial charge is 0.307 e. The highest BCUT2D eigenvalue weighted by Crippen LogP contribution is 2.14. The van der Waals surface area contributed by atoms with Crippen molar-refractivity contribution in [2.75, 3.05) is 5.75 Å². The SMILES string of the molecule is CC.CC.CC.CC.O=C(O)Cc1ccc(S(=O)(=O)CCc2cnc[nH]2)cc1. The minimum atomic E-state index is -3.38. The van der Waals surface area contributed by atoms with E-state index in [1.54, 1.807) is 6.20 Å². The zero-order valence-electron chi connectivity index (χ0n) is 18.6. The molecule has 2 aromatic rings. The molecule has 6 nitrogen and oxygen atoms in total. The molecule has 0 fully saturated rings. The number of rotatable bonds is 6. The quantitative estimate of drug-likeness (QED) is 0.680. The van der Waals surface area contributed by atoms with Gasteiger partial charge in [-0.05, 0) is 17.7 Å². The first kappa shape index (κ1) is 30.6. The van der Waals surface area contributed by atoms with Crippen molar-refractivity contribution in [1.82, 2.24) is 9.97 Å². The van der Waals surface area contributed by atoms with Gasteiger partial charge in [0, 0.05) is 18.3 Å². The van der Waals surface area contributed by atoms with Crippen molar-refractivity contribution in [2.24, 2.45) is 0 Å². The zero-order chi connectivity index (χ0) is 22.6. The van der Waals surface area contributed by atoms with E-state index in [0.717, 1.165) is 5.69 Å². The van der Waals surface area contributed by atoms with Gasteiger partial charge in [-0.2, -0.15) is 0 Å². The van der Waals surface area contributed by atoms with E-state index >= 15 is 0 Å². The summed E-state index contributed by atoms with van der Waals surface area (Å²) in [5.74, 6) is -0.965. The van der Waals surface area contributed by atoms with Gasteiger partial charge in [0.25, 0.3) is 0 Å². The molecule has 0 amide bonds. The number of nitrogens with zero attached hydrogens (tertiary/aromatic N) is 1. The number of nitrogens with one attached hydrogen (secondary N) is 1. The number of H-pyrrole nitrogens is 1. The molecule has 2 rings (SSSR count). The van der Waals surface area contributed by atoms with Gasteiger partial charge in [-0.25, -0.2) is 13.4 Å². The van der Waals surface area contributed by atoms with Gasteiger partial charge in [-0.1, -0.05) is 67.5 Å². The fraction of sp³-hybridized carbons (Fsp3) is 0.524. The summed E-state index contributed by atoms with van der Waals surface area (Å²) in [4.78, 5) is 17.4. The maximum Gasteiger partial charge on any atom is 0.307 e. The monoisotopic (exact) mass is 414 g/mol. The topological polar surface area (TPSA) is 100 Å². The number of carboxylic acid groups (broad SMARTS) is 1. The number of benzene rings is 1. The summed E-state index contributed by atoms with van der Waals surface area (Å²) < 4.78 is 24.2. The molecular weight excluding hydrogens is 376 g/mol. The third-order valence-corrected chi connectivity index (χ3v) is 4.56. The first-order valence-corrected chi connectivity index (χ1v) is 11.6. The molecule has 2 N–H and O–H groups in total. The summed E-state index contributed by atoms with van der Waals surface area (Å²) in [5, 5.41) is 8.66. The van der Waals surface area contributed by atoms with Gasteiger partial charge < -0.3 is 10.1 Å². The lowest BCUT2D eigenvalue weighted by Gasteiger charge is -2.04. The largest absolute Gasteiger partial charge is 0.481 e. The molecule has 0 aliphatic carbocycles. The van der Waals surface area contributed by atoms with Crippen LogP contribution >= 0.6 is 0 Å². The standard InChI is InChI=1S/C13H14N2O4S.4C2H6/c16-13(17)7-10-1-3-12(4-2-10)20(18,19)6-5-11-8-14-9-15-11;4*1-2/h1-4,8-9H,5-7H2,(H,14,15)(H,16,17);4*1-2H3. The normalized spacial score (nSPS) is 9.00. The molecule has 0 bridgehead atoms. The van der Waals surface area contributed by atoms with Crippen LogP contribution in [0.4, 0.5) is 0 Å². The van der Waals surface area contributed by atoms with E-state index in [1.165, 1.54) is 30.6 Å². The van der Waals surface area contributed by atoms with E-state index in [9.17, 15) is 13.2 Å². The maximum atomic E-state index is 12.1. The maximum absolute atomic E-state index is 12.1. The molecule has 1 aromatic heterocycles. The third kappa shape index (κ3) is 13.1. The molecule has 0 radical (unpaired) electrons. The van der Waals surface area contributed by atoms with Crippen molar-refractivity contribution in [2.45, 2.75) is 73.1 Å². The van der Waals surface area contributed by atoms with Gasteiger partial charge in [0.1, 0.15) is 0 Å². The second-order valence-electron chi connectivity index (χ2n) is 4.36. The average Bonchev–Trinajstić information content (AvgIpc) is 3.26. The van der Waals surface area contributed by atoms with E-state index < -0.39 is 15.8 Å². The van der Waals surface area contributed by atoms with E-state index in [2.05, 4.69) is 9.97 Å². The fourth-order valence-corrected chi connectivity index (χ4v) is 3.05. The van der Waals surface area contributed by atoms with E-state index in [-0.39, 0.29) is 17.1 Å². The highest BCUT2D eigenvalue weighted by Gasteiger charge is 2.15. The summed E-state index contributed by atoms with van der Waals surface area (Å²) in [7, 11) is -3.38. The Morgan fingerprint density at radius 3 is 1.86 bits per heavy atom. The molecular formula is C21H38N2O4S.